The van der Waals surface area contributed by atoms with Crippen LogP contribution in [0.15, 0.2) is 24.3 Å². The molecule has 6 heteroatoms. The molecular formula is C21H29FO5. The number of carbonyl (C=O) groups excluding carboxylic acids is 1. The number of alkyl halides is 1. The Hall–Kier alpha value is -1.50. The van der Waals surface area contributed by atoms with Gasteiger partial charge in [0.05, 0.1) is 19.8 Å². The Bertz CT molecular complexity index is 602. The fourth-order valence-electron chi connectivity index (χ4n) is 3.56. The molecule has 3 rings (SSSR count). The summed E-state index contributed by atoms with van der Waals surface area (Å²) in [6, 6.07) is 7.49. The average Bonchev–Trinajstić information content (AvgIpc) is 2.69. The largest absolute Gasteiger partial charge is 0.425 e. The number of benzene rings is 1. The van der Waals surface area contributed by atoms with Crippen molar-refractivity contribution in [1.82, 2.24) is 0 Å². The first-order valence-corrected chi connectivity index (χ1v) is 9.87. The van der Waals surface area contributed by atoms with E-state index < -0.39 is 18.1 Å². The molecule has 1 aromatic rings. The number of hydrogen-bond donors (Lipinski definition) is 0. The van der Waals surface area contributed by atoms with Crippen LogP contribution in [0.3, 0.4) is 0 Å². The predicted octanol–water partition coefficient (Wildman–Crippen LogP) is 3.83. The van der Waals surface area contributed by atoms with E-state index in [1.807, 2.05) is 19.1 Å². The number of halogens is 1. The average molecular weight is 380 g/mol. The van der Waals surface area contributed by atoms with Crippen LogP contribution in [0.1, 0.15) is 45.1 Å². The van der Waals surface area contributed by atoms with Gasteiger partial charge in [0.2, 0.25) is 0 Å². The Labute approximate surface area is 160 Å². The zero-order valence-electron chi connectivity index (χ0n) is 16.1. The molecule has 0 amide bonds. The van der Waals surface area contributed by atoms with Crippen molar-refractivity contribution in [2.75, 3.05) is 19.8 Å². The highest BCUT2D eigenvalue weighted by Gasteiger charge is 2.41. The number of hydrogen-bond acceptors (Lipinski definition) is 5. The van der Waals surface area contributed by atoms with Crippen molar-refractivity contribution < 1.29 is 28.1 Å². The molecule has 0 N–H and O–H groups in total. The van der Waals surface area contributed by atoms with Gasteiger partial charge in [0, 0.05) is 5.92 Å². The van der Waals surface area contributed by atoms with Gasteiger partial charge in [0.15, 0.2) is 18.1 Å². The van der Waals surface area contributed by atoms with Crippen molar-refractivity contribution >= 4 is 5.97 Å². The molecule has 2 saturated heterocycles. The van der Waals surface area contributed by atoms with Gasteiger partial charge in [-0.05, 0) is 43.4 Å². The van der Waals surface area contributed by atoms with Gasteiger partial charge in [-0.2, -0.15) is 0 Å². The minimum Gasteiger partial charge on any atom is -0.425 e. The molecular weight excluding hydrogens is 351 g/mol. The summed E-state index contributed by atoms with van der Waals surface area (Å²) in [6.07, 6.45) is 2.33. The summed E-state index contributed by atoms with van der Waals surface area (Å²) in [5.74, 6) is 0.148. The molecule has 1 aromatic carbocycles. The summed E-state index contributed by atoms with van der Waals surface area (Å²) in [5, 5.41) is 0. The normalized spacial score (nSPS) is 31.4. The van der Waals surface area contributed by atoms with Crippen LogP contribution in [-0.4, -0.2) is 43.9 Å². The third-order valence-electron chi connectivity index (χ3n) is 5.22. The lowest BCUT2D eigenvalue weighted by Crippen LogP contribution is -2.49. The van der Waals surface area contributed by atoms with Gasteiger partial charge >= 0.3 is 5.97 Å². The maximum absolute atomic E-state index is 14.4. The molecule has 2 fully saturated rings. The van der Waals surface area contributed by atoms with Crippen LogP contribution >= 0.6 is 0 Å². The minimum absolute atomic E-state index is 0.00376. The highest BCUT2D eigenvalue weighted by molar-refractivity contribution is 5.77. The number of carbonyl (C=O) groups is 1. The summed E-state index contributed by atoms with van der Waals surface area (Å²) in [6.45, 7) is 4.47. The SMILES string of the molecule is CCCC1(F)COC(C2CCC(C(=O)Oc3ccc(CC)cc3)OC2)OC1. The molecule has 2 unspecified atom stereocenters. The lowest BCUT2D eigenvalue weighted by atomic mass is 9.96. The Balaban J connectivity index is 1.44. The molecule has 2 atom stereocenters. The Morgan fingerprint density at radius 1 is 1.15 bits per heavy atom. The second-order valence-corrected chi connectivity index (χ2v) is 7.47. The summed E-state index contributed by atoms with van der Waals surface area (Å²) in [5.41, 5.74) is -0.198. The van der Waals surface area contributed by atoms with E-state index in [1.165, 1.54) is 5.56 Å². The van der Waals surface area contributed by atoms with Crippen LogP contribution in [0, 0.1) is 5.92 Å². The lowest BCUT2D eigenvalue weighted by Gasteiger charge is -2.39. The third-order valence-corrected chi connectivity index (χ3v) is 5.22. The summed E-state index contributed by atoms with van der Waals surface area (Å²) >= 11 is 0. The van der Waals surface area contributed by atoms with E-state index in [2.05, 4.69) is 6.92 Å². The van der Waals surface area contributed by atoms with Gasteiger partial charge in [0.1, 0.15) is 5.75 Å². The van der Waals surface area contributed by atoms with Gasteiger partial charge in [-0.3, -0.25) is 0 Å². The van der Waals surface area contributed by atoms with E-state index in [0.29, 0.717) is 31.6 Å². The minimum atomic E-state index is -1.39. The first-order valence-electron chi connectivity index (χ1n) is 9.87. The van der Waals surface area contributed by atoms with Crippen LogP contribution in [0.4, 0.5) is 4.39 Å². The Morgan fingerprint density at radius 2 is 1.85 bits per heavy atom. The first-order chi connectivity index (χ1) is 13.0. The molecule has 5 nitrogen and oxygen atoms in total. The Kier molecular flexibility index (Phi) is 6.84. The summed E-state index contributed by atoms with van der Waals surface area (Å²) < 4.78 is 36.7. The number of rotatable bonds is 6. The smallest absolute Gasteiger partial charge is 0.340 e. The maximum Gasteiger partial charge on any atom is 0.340 e. The number of ether oxygens (including phenoxy) is 4. The quantitative estimate of drug-likeness (QED) is 0.555. The van der Waals surface area contributed by atoms with Crippen LogP contribution in [0.2, 0.25) is 0 Å². The predicted molar refractivity (Wildman–Crippen MR) is 98.4 cm³/mol. The Morgan fingerprint density at radius 3 is 2.41 bits per heavy atom. The topological polar surface area (TPSA) is 54.0 Å². The van der Waals surface area contributed by atoms with Crippen LogP contribution in [0.25, 0.3) is 0 Å². The van der Waals surface area contributed by atoms with Gasteiger partial charge in [-0.1, -0.05) is 32.4 Å². The van der Waals surface area contributed by atoms with E-state index in [-0.39, 0.29) is 25.1 Å². The van der Waals surface area contributed by atoms with E-state index in [1.54, 1.807) is 12.1 Å². The molecule has 27 heavy (non-hydrogen) atoms. The van der Waals surface area contributed by atoms with Crippen molar-refractivity contribution in [3.8, 4) is 5.75 Å². The number of esters is 1. The van der Waals surface area contributed by atoms with Gasteiger partial charge in [-0.25, -0.2) is 9.18 Å². The van der Waals surface area contributed by atoms with Crippen LogP contribution < -0.4 is 4.74 Å². The molecule has 2 aliphatic rings. The lowest BCUT2D eigenvalue weighted by molar-refractivity contribution is -0.265. The van der Waals surface area contributed by atoms with Gasteiger partial charge < -0.3 is 18.9 Å². The zero-order valence-corrected chi connectivity index (χ0v) is 16.1. The van der Waals surface area contributed by atoms with Crippen molar-refractivity contribution in [1.29, 1.82) is 0 Å². The molecule has 0 radical (unpaired) electrons. The first kappa shape index (κ1) is 20.2. The zero-order chi connectivity index (χ0) is 19.3. The molecule has 0 bridgehead atoms. The van der Waals surface area contributed by atoms with E-state index in [9.17, 15) is 9.18 Å². The van der Waals surface area contributed by atoms with Gasteiger partial charge in [0.25, 0.3) is 0 Å². The van der Waals surface area contributed by atoms with E-state index in [4.69, 9.17) is 18.9 Å². The molecule has 0 spiro atoms. The van der Waals surface area contributed by atoms with E-state index in [0.717, 1.165) is 12.8 Å². The van der Waals surface area contributed by atoms with E-state index >= 15 is 0 Å². The highest BCUT2D eigenvalue weighted by Crippen LogP contribution is 2.31. The highest BCUT2D eigenvalue weighted by atomic mass is 19.1. The maximum atomic E-state index is 14.4. The second kappa shape index (κ2) is 9.13. The van der Waals surface area contributed by atoms with Crippen molar-refractivity contribution in [2.24, 2.45) is 5.92 Å². The van der Waals surface area contributed by atoms with Crippen LogP contribution in [0.5, 0.6) is 5.75 Å². The fourth-order valence-corrected chi connectivity index (χ4v) is 3.56. The molecule has 2 aliphatic heterocycles. The molecule has 0 aliphatic carbocycles. The molecule has 0 aromatic heterocycles. The molecule has 0 saturated carbocycles. The standard InChI is InChI=1S/C21H29FO5/c1-3-11-21(22)13-25-20(26-14-21)16-7-10-18(24-12-16)19(23)27-17-8-5-15(4-2)6-9-17/h5-6,8-9,16,18,20H,3-4,7,10-14H2,1-2H3. The van der Waals surface area contributed by atoms with Crippen molar-refractivity contribution in [2.45, 2.75) is 64.0 Å². The second-order valence-electron chi connectivity index (χ2n) is 7.47. The van der Waals surface area contributed by atoms with Crippen molar-refractivity contribution in [3.63, 3.8) is 0 Å². The van der Waals surface area contributed by atoms with Crippen LogP contribution in [-0.2, 0) is 25.4 Å². The molecule has 150 valence electrons. The van der Waals surface area contributed by atoms with Gasteiger partial charge in [-0.15, -0.1) is 0 Å². The fraction of sp³-hybridized carbons (Fsp3) is 0.667. The van der Waals surface area contributed by atoms with Crippen molar-refractivity contribution in [3.05, 3.63) is 29.8 Å². The third kappa shape index (κ3) is 5.27. The summed E-state index contributed by atoms with van der Waals surface area (Å²) in [7, 11) is 0. The monoisotopic (exact) mass is 380 g/mol. The summed E-state index contributed by atoms with van der Waals surface area (Å²) in [4.78, 5) is 12.3. The number of aryl methyl sites for hydroxylation is 1. The molecule has 2 heterocycles.